The Hall–Kier alpha value is -3.66. The maximum absolute atomic E-state index is 14.4. The number of nitrogens with one attached hydrogen (secondary N) is 2. The lowest BCUT2D eigenvalue weighted by molar-refractivity contribution is 0.411. The van der Waals surface area contributed by atoms with Crippen LogP contribution in [0.15, 0.2) is 48.5 Å². The van der Waals surface area contributed by atoms with E-state index in [0.717, 1.165) is 5.56 Å². The SMILES string of the molecule is COc1cccc(C2c3c(n[nH]c3-c3ccccc3F)OC(=N)C2C#N)c1. The predicted molar refractivity (Wildman–Crippen MR) is 96.3 cm³/mol. The topological polar surface area (TPSA) is 94.8 Å². The van der Waals surface area contributed by atoms with E-state index in [0.29, 0.717) is 22.6 Å². The van der Waals surface area contributed by atoms with Crippen LogP contribution in [0.1, 0.15) is 17.0 Å². The molecule has 0 fully saturated rings. The maximum atomic E-state index is 14.4. The smallest absolute Gasteiger partial charge is 0.244 e. The third-order valence-corrected chi connectivity index (χ3v) is 4.64. The first-order valence-corrected chi connectivity index (χ1v) is 8.27. The number of nitriles is 1. The largest absolute Gasteiger partial charge is 0.497 e. The van der Waals surface area contributed by atoms with Gasteiger partial charge in [0.2, 0.25) is 11.8 Å². The molecule has 0 spiro atoms. The number of H-pyrrole nitrogens is 1. The third kappa shape index (κ3) is 2.72. The minimum atomic E-state index is -0.868. The number of nitrogens with zero attached hydrogens (tertiary/aromatic N) is 2. The second-order valence-corrected chi connectivity index (χ2v) is 6.12. The maximum Gasteiger partial charge on any atom is 0.244 e. The van der Waals surface area contributed by atoms with E-state index in [1.54, 1.807) is 37.4 Å². The Kier molecular flexibility index (Phi) is 4.09. The summed E-state index contributed by atoms with van der Waals surface area (Å²) in [6, 6.07) is 15.7. The van der Waals surface area contributed by atoms with Crippen molar-refractivity contribution in [3.63, 3.8) is 0 Å². The van der Waals surface area contributed by atoms with Crippen LogP contribution in [-0.2, 0) is 0 Å². The van der Waals surface area contributed by atoms with Gasteiger partial charge >= 0.3 is 0 Å². The van der Waals surface area contributed by atoms with Crippen molar-refractivity contribution in [1.29, 1.82) is 10.7 Å². The molecular weight excluding hydrogens is 347 g/mol. The number of aromatic amines is 1. The number of rotatable bonds is 3. The summed E-state index contributed by atoms with van der Waals surface area (Å²) in [5.41, 5.74) is 2.07. The van der Waals surface area contributed by atoms with E-state index in [4.69, 9.17) is 14.9 Å². The second kappa shape index (κ2) is 6.57. The fourth-order valence-electron chi connectivity index (χ4n) is 3.38. The number of ether oxygens (including phenoxy) is 2. The van der Waals surface area contributed by atoms with E-state index in [-0.39, 0.29) is 11.8 Å². The standard InChI is InChI=1S/C20H15FN4O2/c1-26-12-6-4-5-11(9-12)16-14(10-22)19(23)27-20-17(16)18(24-25-20)13-7-2-3-8-15(13)21/h2-9,14,16,23H,1H3,(H,24,25). The van der Waals surface area contributed by atoms with Gasteiger partial charge in [-0.05, 0) is 29.8 Å². The summed E-state index contributed by atoms with van der Waals surface area (Å²) in [4.78, 5) is 0. The zero-order valence-corrected chi connectivity index (χ0v) is 14.4. The lowest BCUT2D eigenvalue weighted by Gasteiger charge is -2.28. The second-order valence-electron chi connectivity index (χ2n) is 6.12. The van der Waals surface area contributed by atoms with Gasteiger partial charge in [-0.1, -0.05) is 24.3 Å². The number of halogens is 1. The van der Waals surface area contributed by atoms with Gasteiger partial charge in [0.05, 0.1) is 24.4 Å². The first kappa shape index (κ1) is 16.8. The van der Waals surface area contributed by atoms with E-state index < -0.39 is 17.7 Å². The Balaban J connectivity index is 1.96. The van der Waals surface area contributed by atoms with Crippen LogP contribution >= 0.6 is 0 Å². The molecule has 0 bridgehead atoms. The first-order valence-electron chi connectivity index (χ1n) is 8.27. The Labute approximate surface area is 154 Å². The van der Waals surface area contributed by atoms with E-state index in [1.807, 2.05) is 12.1 Å². The number of hydrogen-bond acceptors (Lipinski definition) is 5. The molecule has 134 valence electrons. The molecule has 27 heavy (non-hydrogen) atoms. The summed E-state index contributed by atoms with van der Waals surface area (Å²) in [6.45, 7) is 0. The number of benzene rings is 2. The van der Waals surface area contributed by atoms with Gasteiger partial charge in [0.25, 0.3) is 0 Å². The highest BCUT2D eigenvalue weighted by Crippen LogP contribution is 2.46. The summed E-state index contributed by atoms with van der Waals surface area (Å²) in [5.74, 6) is -1.22. The predicted octanol–water partition coefficient (Wildman–Crippen LogP) is 3.87. The Morgan fingerprint density at radius 1 is 1.26 bits per heavy atom. The quantitative estimate of drug-likeness (QED) is 0.739. The van der Waals surface area contributed by atoms with E-state index >= 15 is 0 Å². The van der Waals surface area contributed by atoms with Gasteiger partial charge < -0.3 is 9.47 Å². The summed E-state index contributed by atoms with van der Waals surface area (Å²) in [5, 5.41) is 24.7. The van der Waals surface area contributed by atoms with Gasteiger partial charge in [-0.25, -0.2) is 4.39 Å². The highest BCUT2D eigenvalue weighted by molar-refractivity contribution is 5.86. The van der Waals surface area contributed by atoms with E-state index in [2.05, 4.69) is 16.3 Å². The molecule has 0 saturated heterocycles. The molecule has 2 heterocycles. The molecule has 3 aromatic rings. The minimum absolute atomic E-state index is 0.178. The summed E-state index contributed by atoms with van der Waals surface area (Å²) in [6.07, 6.45) is 0. The van der Waals surface area contributed by atoms with Crippen LogP contribution in [0.25, 0.3) is 11.3 Å². The Bertz CT molecular complexity index is 1070. The molecule has 0 aliphatic carbocycles. The molecule has 4 rings (SSSR count). The molecule has 2 unspecified atom stereocenters. The monoisotopic (exact) mass is 362 g/mol. The average molecular weight is 362 g/mol. The number of aromatic nitrogens is 2. The lowest BCUT2D eigenvalue weighted by atomic mass is 9.78. The zero-order chi connectivity index (χ0) is 19.0. The van der Waals surface area contributed by atoms with Crippen LogP contribution in [0.4, 0.5) is 4.39 Å². The normalized spacial score (nSPS) is 18.3. The molecule has 2 aromatic carbocycles. The summed E-state index contributed by atoms with van der Waals surface area (Å²) < 4.78 is 25.2. The molecule has 1 aliphatic heterocycles. The molecule has 0 amide bonds. The van der Waals surface area contributed by atoms with Crippen molar-refractivity contribution >= 4 is 5.90 Å². The Morgan fingerprint density at radius 3 is 2.81 bits per heavy atom. The van der Waals surface area contributed by atoms with Crippen molar-refractivity contribution in [3.8, 4) is 29.0 Å². The molecule has 6 nitrogen and oxygen atoms in total. The number of methoxy groups -OCH3 is 1. The van der Waals surface area contributed by atoms with Crippen LogP contribution in [0.2, 0.25) is 0 Å². The molecule has 7 heteroatoms. The molecule has 0 saturated carbocycles. The molecule has 1 aromatic heterocycles. The van der Waals surface area contributed by atoms with Crippen LogP contribution in [-0.4, -0.2) is 23.2 Å². The van der Waals surface area contributed by atoms with E-state index in [9.17, 15) is 9.65 Å². The fraction of sp³-hybridized carbons (Fsp3) is 0.150. The third-order valence-electron chi connectivity index (χ3n) is 4.64. The van der Waals surface area contributed by atoms with Crippen molar-refractivity contribution in [3.05, 3.63) is 65.5 Å². The van der Waals surface area contributed by atoms with Crippen molar-refractivity contribution in [2.75, 3.05) is 7.11 Å². The summed E-state index contributed by atoms with van der Waals surface area (Å²) >= 11 is 0. The number of fused-ring (bicyclic) bond motifs is 1. The van der Waals surface area contributed by atoms with Crippen LogP contribution in [0.3, 0.4) is 0 Å². The van der Waals surface area contributed by atoms with Gasteiger partial charge in [0.1, 0.15) is 17.5 Å². The van der Waals surface area contributed by atoms with Crippen molar-refractivity contribution in [2.24, 2.45) is 5.92 Å². The van der Waals surface area contributed by atoms with Gasteiger partial charge in [-0.15, -0.1) is 5.10 Å². The van der Waals surface area contributed by atoms with Crippen molar-refractivity contribution < 1.29 is 13.9 Å². The average Bonchev–Trinajstić information content (AvgIpc) is 3.10. The van der Waals surface area contributed by atoms with Crippen molar-refractivity contribution in [2.45, 2.75) is 5.92 Å². The molecule has 2 N–H and O–H groups in total. The highest BCUT2D eigenvalue weighted by Gasteiger charge is 2.41. The fourth-order valence-corrected chi connectivity index (χ4v) is 3.38. The minimum Gasteiger partial charge on any atom is -0.497 e. The molecule has 2 atom stereocenters. The first-order chi connectivity index (χ1) is 13.1. The lowest BCUT2D eigenvalue weighted by Crippen LogP contribution is -2.30. The number of hydrogen-bond donors (Lipinski definition) is 2. The van der Waals surface area contributed by atoms with Crippen LogP contribution < -0.4 is 9.47 Å². The Morgan fingerprint density at radius 2 is 2.07 bits per heavy atom. The molecule has 0 radical (unpaired) electrons. The van der Waals surface area contributed by atoms with Crippen LogP contribution in [0.5, 0.6) is 11.6 Å². The van der Waals surface area contributed by atoms with Gasteiger partial charge in [-0.2, -0.15) is 5.26 Å². The summed E-state index contributed by atoms with van der Waals surface area (Å²) in [7, 11) is 1.56. The molecule has 1 aliphatic rings. The molecular formula is C20H15FN4O2. The van der Waals surface area contributed by atoms with Crippen molar-refractivity contribution in [1.82, 2.24) is 10.2 Å². The van der Waals surface area contributed by atoms with Gasteiger partial charge in [-0.3, -0.25) is 10.5 Å². The van der Waals surface area contributed by atoms with E-state index in [1.165, 1.54) is 6.07 Å². The van der Waals surface area contributed by atoms with Crippen LogP contribution in [0, 0.1) is 28.5 Å². The highest BCUT2D eigenvalue weighted by atomic mass is 19.1. The zero-order valence-electron chi connectivity index (χ0n) is 14.4. The van der Waals surface area contributed by atoms with Gasteiger partial charge in [0, 0.05) is 11.5 Å². The van der Waals surface area contributed by atoms with Gasteiger partial charge in [0.15, 0.2) is 0 Å².